The summed E-state index contributed by atoms with van der Waals surface area (Å²) in [5, 5.41) is 13.1. The minimum absolute atomic E-state index is 0.138. The van der Waals surface area contributed by atoms with Crippen molar-refractivity contribution in [1.29, 1.82) is 0 Å². The number of benzene rings is 1. The van der Waals surface area contributed by atoms with Crippen LogP contribution in [0, 0.1) is 6.92 Å². The molecule has 4 rings (SSSR count). The highest BCUT2D eigenvalue weighted by Crippen LogP contribution is 2.38. The summed E-state index contributed by atoms with van der Waals surface area (Å²) in [6.07, 6.45) is 4.97. The van der Waals surface area contributed by atoms with E-state index in [9.17, 15) is 5.21 Å². The second kappa shape index (κ2) is 6.55. The minimum Gasteiger partial charge on any atom is -0.411 e. The lowest BCUT2D eigenvalue weighted by Gasteiger charge is -2.27. The normalized spacial score (nSPS) is 17.9. The predicted octanol–water partition coefficient (Wildman–Crippen LogP) is 3.34. The molecule has 3 aromatic rings. The zero-order valence-electron chi connectivity index (χ0n) is 14.4. The van der Waals surface area contributed by atoms with Crippen molar-refractivity contribution in [3.63, 3.8) is 0 Å². The van der Waals surface area contributed by atoms with E-state index >= 15 is 0 Å². The minimum atomic E-state index is 0.138. The number of hydrogen-bond donors (Lipinski definition) is 2. The van der Waals surface area contributed by atoms with E-state index in [0.717, 1.165) is 34.5 Å². The highest BCUT2D eigenvalue weighted by Gasteiger charge is 2.30. The molecule has 3 N–H and O–H groups in total. The highest BCUT2D eigenvalue weighted by molar-refractivity contribution is 6.03. The van der Waals surface area contributed by atoms with Gasteiger partial charge in [-0.15, -0.1) is 0 Å². The lowest BCUT2D eigenvalue weighted by Crippen LogP contribution is -2.24. The van der Waals surface area contributed by atoms with Crippen molar-refractivity contribution in [2.24, 2.45) is 5.16 Å². The summed E-state index contributed by atoms with van der Waals surface area (Å²) in [5.74, 6) is 0.387. The fraction of sp³-hybridized carbons (Fsp3) is 0.200. The molecule has 130 valence electrons. The Balaban J connectivity index is 1.82. The van der Waals surface area contributed by atoms with Crippen molar-refractivity contribution < 1.29 is 5.21 Å². The van der Waals surface area contributed by atoms with Crippen LogP contribution < -0.4 is 5.73 Å². The Morgan fingerprint density at radius 3 is 2.73 bits per heavy atom. The molecule has 6 heteroatoms. The summed E-state index contributed by atoms with van der Waals surface area (Å²) in [5.41, 5.74) is 12.2. The number of rotatable bonds is 2. The van der Waals surface area contributed by atoms with Crippen LogP contribution in [0.15, 0.2) is 53.9 Å². The first-order valence-electron chi connectivity index (χ1n) is 8.51. The first-order valence-corrected chi connectivity index (χ1v) is 8.51. The van der Waals surface area contributed by atoms with Crippen LogP contribution in [0.25, 0.3) is 11.1 Å². The Morgan fingerprint density at radius 2 is 1.96 bits per heavy atom. The first-order chi connectivity index (χ1) is 12.7. The summed E-state index contributed by atoms with van der Waals surface area (Å²) < 4.78 is 0. The van der Waals surface area contributed by atoms with E-state index in [4.69, 9.17) is 5.73 Å². The average molecular weight is 345 g/mol. The summed E-state index contributed by atoms with van der Waals surface area (Å²) in [6, 6.07) is 12.2. The van der Waals surface area contributed by atoms with Crippen molar-refractivity contribution >= 4 is 11.7 Å². The maximum atomic E-state index is 9.57. The maximum absolute atomic E-state index is 9.57. The molecule has 1 unspecified atom stereocenters. The van der Waals surface area contributed by atoms with Gasteiger partial charge in [0, 0.05) is 29.9 Å². The van der Waals surface area contributed by atoms with Crippen LogP contribution in [-0.4, -0.2) is 25.9 Å². The Kier molecular flexibility index (Phi) is 4.08. The quantitative estimate of drug-likeness (QED) is 0.548. The smallest absolute Gasteiger partial charge is 0.220 e. The molecule has 1 aliphatic rings. The Hall–Kier alpha value is -3.28. The predicted molar refractivity (Wildman–Crippen MR) is 100 cm³/mol. The summed E-state index contributed by atoms with van der Waals surface area (Å²) in [7, 11) is 0. The second-order valence-corrected chi connectivity index (χ2v) is 6.47. The molecule has 6 nitrogen and oxygen atoms in total. The van der Waals surface area contributed by atoms with Gasteiger partial charge in [-0.05, 0) is 36.5 Å². The van der Waals surface area contributed by atoms with Gasteiger partial charge in [0.05, 0.1) is 17.1 Å². The molecule has 0 saturated carbocycles. The fourth-order valence-corrected chi connectivity index (χ4v) is 3.77. The number of aryl methyl sites for hydroxylation is 1. The molecule has 0 amide bonds. The number of fused-ring (bicyclic) bond motifs is 1. The monoisotopic (exact) mass is 345 g/mol. The molecule has 0 radical (unpaired) electrons. The van der Waals surface area contributed by atoms with E-state index in [1.54, 1.807) is 6.20 Å². The third kappa shape index (κ3) is 2.79. The van der Waals surface area contributed by atoms with E-state index in [0.29, 0.717) is 12.1 Å². The number of hydrogen-bond acceptors (Lipinski definition) is 6. The van der Waals surface area contributed by atoms with Crippen LogP contribution in [0.5, 0.6) is 0 Å². The third-order valence-electron chi connectivity index (χ3n) is 4.84. The number of nitrogens with two attached hydrogens (primary N) is 1. The Morgan fingerprint density at radius 1 is 1.12 bits per heavy atom. The summed E-state index contributed by atoms with van der Waals surface area (Å²) in [6.45, 7) is 1.87. The number of anilines is 1. The Bertz CT molecular complexity index is 985. The molecule has 0 saturated heterocycles. The standard InChI is InChI=1S/C20H19N5O/c1-12-19-17(24-20(21)23-12)9-14(10-18(19)25-26)16-7-3-2-6-15(16)13-5-4-8-22-11-13/h2-8,11,14,26H,9-10H2,1H3,(H2,21,23,24). The SMILES string of the molecule is Cc1nc(N)nc2c1C(=NO)CC(c1ccccc1-c1cccnc1)C2. The summed E-state index contributed by atoms with van der Waals surface area (Å²) in [4.78, 5) is 12.9. The summed E-state index contributed by atoms with van der Waals surface area (Å²) >= 11 is 0. The van der Waals surface area contributed by atoms with Gasteiger partial charge < -0.3 is 10.9 Å². The molecule has 0 bridgehead atoms. The molecule has 1 aromatic carbocycles. The number of pyridine rings is 1. The molecular formula is C20H19N5O. The van der Waals surface area contributed by atoms with Crippen LogP contribution >= 0.6 is 0 Å². The zero-order chi connectivity index (χ0) is 18.1. The molecule has 2 heterocycles. The van der Waals surface area contributed by atoms with E-state index in [2.05, 4.69) is 32.2 Å². The van der Waals surface area contributed by atoms with E-state index in [-0.39, 0.29) is 11.9 Å². The molecule has 1 atom stereocenters. The van der Waals surface area contributed by atoms with E-state index in [1.165, 1.54) is 5.56 Å². The van der Waals surface area contributed by atoms with Crippen molar-refractivity contribution in [1.82, 2.24) is 15.0 Å². The van der Waals surface area contributed by atoms with Crippen molar-refractivity contribution in [3.8, 4) is 11.1 Å². The van der Waals surface area contributed by atoms with Crippen molar-refractivity contribution in [2.75, 3.05) is 5.73 Å². The largest absolute Gasteiger partial charge is 0.411 e. The number of nitrogens with zero attached hydrogens (tertiary/aromatic N) is 4. The lowest BCUT2D eigenvalue weighted by molar-refractivity contribution is 0.316. The second-order valence-electron chi connectivity index (χ2n) is 6.47. The lowest BCUT2D eigenvalue weighted by atomic mass is 9.78. The molecule has 0 spiro atoms. The van der Waals surface area contributed by atoms with Crippen molar-refractivity contribution in [3.05, 3.63) is 71.3 Å². The molecule has 1 aliphatic carbocycles. The third-order valence-corrected chi connectivity index (χ3v) is 4.84. The van der Waals surface area contributed by atoms with Gasteiger partial charge in [0.25, 0.3) is 0 Å². The van der Waals surface area contributed by atoms with Gasteiger partial charge in [0.2, 0.25) is 5.95 Å². The topological polar surface area (TPSA) is 97.3 Å². The first kappa shape index (κ1) is 16.2. The van der Waals surface area contributed by atoms with Crippen LogP contribution in [0.1, 0.15) is 34.9 Å². The highest BCUT2D eigenvalue weighted by atomic mass is 16.4. The van der Waals surface area contributed by atoms with Crippen molar-refractivity contribution in [2.45, 2.75) is 25.7 Å². The molecule has 0 aliphatic heterocycles. The molecule has 0 fully saturated rings. The van der Waals surface area contributed by atoms with Crippen LogP contribution in [-0.2, 0) is 6.42 Å². The van der Waals surface area contributed by atoms with E-state index in [1.807, 2.05) is 37.4 Å². The number of aromatic nitrogens is 3. The van der Waals surface area contributed by atoms with Gasteiger partial charge in [-0.25, -0.2) is 9.97 Å². The fourth-order valence-electron chi connectivity index (χ4n) is 3.77. The van der Waals surface area contributed by atoms with Gasteiger partial charge in [-0.1, -0.05) is 35.5 Å². The van der Waals surface area contributed by atoms with E-state index < -0.39 is 0 Å². The number of oxime groups is 1. The number of nitrogen functional groups attached to an aromatic ring is 1. The van der Waals surface area contributed by atoms with Crippen LogP contribution in [0.3, 0.4) is 0 Å². The van der Waals surface area contributed by atoms with Gasteiger partial charge in [-0.3, -0.25) is 4.98 Å². The van der Waals surface area contributed by atoms with Gasteiger partial charge in [-0.2, -0.15) is 0 Å². The molecule has 26 heavy (non-hydrogen) atoms. The maximum Gasteiger partial charge on any atom is 0.220 e. The zero-order valence-corrected chi connectivity index (χ0v) is 14.4. The van der Waals surface area contributed by atoms with Crippen LogP contribution in [0.4, 0.5) is 5.95 Å². The molecular weight excluding hydrogens is 326 g/mol. The Labute approximate surface area is 151 Å². The van der Waals surface area contributed by atoms with Crippen LogP contribution in [0.2, 0.25) is 0 Å². The molecule has 2 aromatic heterocycles. The van der Waals surface area contributed by atoms with Gasteiger partial charge in [0.1, 0.15) is 0 Å². The van der Waals surface area contributed by atoms with Gasteiger partial charge in [0.15, 0.2) is 0 Å². The average Bonchev–Trinajstić information content (AvgIpc) is 2.67. The van der Waals surface area contributed by atoms with Gasteiger partial charge >= 0.3 is 0 Å².